The van der Waals surface area contributed by atoms with Crippen LogP contribution in [0.25, 0.3) is 5.76 Å². The maximum absolute atomic E-state index is 13.1. The molecule has 1 amide bonds. The van der Waals surface area contributed by atoms with E-state index in [2.05, 4.69) is 22.1 Å². The Balaban J connectivity index is 1.81. The second-order valence-corrected chi connectivity index (χ2v) is 8.80. The fraction of sp³-hybridized carbons (Fsp3) is 0.292. The summed E-state index contributed by atoms with van der Waals surface area (Å²) in [6.07, 6.45) is 6.12. The second-order valence-electron chi connectivity index (χ2n) is 7.64. The lowest BCUT2D eigenvalue weighted by Gasteiger charge is -2.23. The number of carbonyl (C=O) groups is 2. The SMILES string of the molecule is CCCCCOc1cccc(C2C(=C(O)c3ccncc3)C(=O)C(=O)N2c2nnc(C)s2)c1. The molecule has 0 aliphatic carbocycles. The molecule has 4 rings (SSSR count). The van der Waals surface area contributed by atoms with Crippen LogP contribution < -0.4 is 9.64 Å². The molecule has 1 saturated heterocycles. The van der Waals surface area contributed by atoms with Crippen LogP contribution in [0.2, 0.25) is 0 Å². The average molecular weight is 465 g/mol. The number of amides is 1. The zero-order valence-electron chi connectivity index (χ0n) is 18.4. The van der Waals surface area contributed by atoms with Crippen molar-refractivity contribution in [2.45, 2.75) is 39.2 Å². The number of hydrogen-bond acceptors (Lipinski definition) is 8. The van der Waals surface area contributed by atoms with Gasteiger partial charge >= 0.3 is 5.91 Å². The molecule has 0 saturated carbocycles. The molecule has 1 aromatic carbocycles. The molecule has 0 spiro atoms. The summed E-state index contributed by atoms with van der Waals surface area (Å²) >= 11 is 1.21. The van der Waals surface area contributed by atoms with Gasteiger partial charge in [0.05, 0.1) is 18.2 Å². The number of unbranched alkanes of at least 4 members (excludes halogenated alkanes) is 2. The van der Waals surface area contributed by atoms with Crippen LogP contribution in [0.1, 0.15) is 48.4 Å². The minimum absolute atomic E-state index is 0.0119. The van der Waals surface area contributed by atoms with Crippen molar-refractivity contribution in [3.05, 3.63) is 70.5 Å². The summed E-state index contributed by atoms with van der Waals surface area (Å²) in [5, 5.41) is 20.1. The number of aromatic nitrogens is 3. The Morgan fingerprint density at radius 1 is 1.15 bits per heavy atom. The molecule has 0 bridgehead atoms. The van der Waals surface area contributed by atoms with Crippen molar-refractivity contribution in [3.63, 3.8) is 0 Å². The fourth-order valence-electron chi connectivity index (χ4n) is 3.71. The molecule has 1 fully saturated rings. The van der Waals surface area contributed by atoms with Crippen LogP contribution in [0.4, 0.5) is 5.13 Å². The molecule has 170 valence electrons. The number of ketones is 1. The van der Waals surface area contributed by atoms with E-state index in [9.17, 15) is 14.7 Å². The average Bonchev–Trinajstić information content (AvgIpc) is 3.37. The lowest BCUT2D eigenvalue weighted by atomic mass is 9.95. The molecular formula is C24H24N4O4S. The van der Waals surface area contributed by atoms with Gasteiger partial charge in [-0.05, 0) is 43.2 Å². The number of nitrogens with zero attached hydrogens (tertiary/aromatic N) is 4. The molecule has 3 aromatic rings. The summed E-state index contributed by atoms with van der Waals surface area (Å²) in [5.74, 6) is -1.18. The van der Waals surface area contributed by atoms with Crippen LogP contribution in [-0.2, 0) is 9.59 Å². The van der Waals surface area contributed by atoms with E-state index >= 15 is 0 Å². The third kappa shape index (κ3) is 4.63. The first kappa shape index (κ1) is 22.6. The number of aryl methyl sites for hydroxylation is 1. The minimum atomic E-state index is -0.871. The highest BCUT2D eigenvalue weighted by Gasteiger charge is 2.48. The van der Waals surface area contributed by atoms with E-state index in [1.54, 1.807) is 31.2 Å². The largest absolute Gasteiger partial charge is 0.507 e. The molecular weight excluding hydrogens is 440 g/mol. The zero-order chi connectivity index (χ0) is 23.4. The third-order valence-corrected chi connectivity index (χ3v) is 6.15. The van der Waals surface area contributed by atoms with Gasteiger partial charge in [-0.15, -0.1) is 10.2 Å². The van der Waals surface area contributed by atoms with Crippen molar-refractivity contribution in [3.8, 4) is 5.75 Å². The van der Waals surface area contributed by atoms with Crippen molar-refractivity contribution < 1.29 is 19.4 Å². The van der Waals surface area contributed by atoms with Gasteiger partial charge < -0.3 is 9.84 Å². The van der Waals surface area contributed by atoms with Gasteiger partial charge in [0, 0.05) is 18.0 Å². The molecule has 1 N–H and O–H groups in total. The first-order chi connectivity index (χ1) is 16.0. The van der Waals surface area contributed by atoms with Gasteiger partial charge in [0.15, 0.2) is 0 Å². The number of hydrogen-bond donors (Lipinski definition) is 1. The fourth-order valence-corrected chi connectivity index (χ4v) is 4.42. The number of aliphatic hydroxyl groups is 1. The van der Waals surface area contributed by atoms with Gasteiger partial charge in [0.1, 0.15) is 16.5 Å². The first-order valence-corrected chi connectivity index (χ1v) is 11.6. The van der Waals surface area contributed by atoms with Gasteiger partial charge in [0.2, 0.25) is 5.13 Å². The second kappa shape index (κ2) is 9.91. The normalized spacial score (nSPS) is 17.5. The van der Waals surface area contributed by atoms with E-state index < -0.39 is 17.7 Å². The van der Waals surface area contributed by atoms with Gasteiger partial charge in [-0.25, -0.2) is 0 Å². The highest BCUT2D eigenvalue weighted by atomic mass is 32.1. The third-order valence-electron chi connectivity index (χ3n) is 5.31. The minimum Gasteiger partial charge on any atom is -0.507 e. The van der Waals surface area contributed by atoms with E-state index in [0.29, 0.717) is 33.6 Å². The van der Waals surface area contributed by atoms with Crippen LogP contribution in [0.5, 0.6) is 5.75 Å². The number of ether oxygens (including phenoxy) is 1. The Morgan fingerprint density at radius 2 is 1.94 bits per heavy atom. The Bertz CT molecular complexity index is 1190. The van der Waals surface area contributed by atoms with E-state index in [1.807, 2.05) is 12.1 Å². The number of carbonyl (C=O) groups excluding carboxylic acids is 2. The quantitative estimate of drug-likeness (QED) is 0.227. The van der Waals surface area contributed by atoms with Crippen LogP contribution in [0.3, 0.4) is 0 Å². The highest BCUT2D eigenvalue weighted by Crippen LogP contribution is 2.43. The van der Waals surface area contributed by atoms with Crippen LogP contribution in [-0.4, -0.2) is 38.6 Å². The van der Waals surface area contributed by atoms with E-state index in [1.165, 1.54) is 28.6 Å². The van der Waals surface area contributed by atoms with Crippen molar-refractivity contribution >= 4 is 33.9 Å². The van der Waals surface area contributed by atoms with E-state index in [-0.39, 0.29) is 11.3 Å². The Morgan fingerprint density at radius 3 is 2.64 bits per heavy atom. The van der Waals surface area contributed by atoms with Gasteiger partial charge in [-0.3, -0.25) is 19.5 Å². The Kier molecular flexibility index (Phi) is 6.79. The smallest absolute Gasteiger partial charge is 0.301 e. The van der Waals surface area contributed by atoms with Gasteiger partial charge in [-0.2, -0.15) is 0 Å². The van der Waals surface area contributed by atoms with Crippen molar-refractivity contribution in [2.24, 2.45) is 0 Å². The number of benzene rings is 1. The maximum atomic E-state index is 13.1. The van der Waals surface area contributed by atoms with E-state index in [4.69, 9.17) is 4.74 Å². The van der Waals surface area contributed by atoms with Crippen molar-refractivity contribution in [1.82, 2.24) is 15.2 Å². The lowest BCUT2D eigenvalue weighted by molar-refractivity contribution is -0.132. The summed E-state index contributed by atoms with van der Waals surface area (Å²) in [7, 11) is 0. The maximum Gasteiger partial charge on any atom is 0.301 e. The Labute approximate surface area is 195 Å². The number of aliphatic hydroxyl groups excluding tert-OH is 1. The number of Topliss-reactive ketones (excluding diaryl/α,β-unsaturated/α-hetero) is 1. The first-order valence-electron chi connectivity index (χ1n) is 10.8. The molecule has 33 heavy (non-hydrogen) atoms. The predicted octanol–water partition coefficient (Wildman–Crippen LogP) is 4.44. The van der Waals surface area contributed by atoms with Gasteiger partial charge in [0.25, 0.3) is 5.78 Å². The standard InChI is InChI=1S/C24H24N4O4S/c1-3-4-5-13-32-18-8-6-7-17(14-18)20-19(21(29)16-9-11-25-12-10-16)22(30)23(31)28(20)24-27-26-15(2)33-24/h6-12,14,20,29H,3-5,13H2,1-2H3. The number of pyridine rings is 1. The number of anilines is 1. The lowest BCUT2D eigenvalue weighted by Crippen LogP contribution is -2.29. The summed E-state index contributed by atoms with van der Waals surface area (Å²) in [5.41, 5.74) is 1.02. The summed E-state index contributed by atoms with van der Waals surface area (Å²) in [6.45, 7) is 4.47. The molecule has 1 aliphatic rings. The molecule has 1 atom stereocenters. The molecule has 0 radical (unpaired) electrons. The molecule has 8 nitrogen and oxygen atoms in total. The van der Waals surface area contributed by atoms with Crippen LogP contribution in [0, 0.1) is 6.92 Å². The van der Waals surface area contributed by atoms with E-state index in [0.717, 1.165) is 19.3 Å². The molecule has 1 unspecified atom stereocenters. The number of rotatable bonds is 8. The monoisotopic (exact) mass is 464 g/mol. The predicted molar refractivity (Wildman–Crippen MR) is 125 cm³/mol. The zero-order valence-corrected chi connectivity index (χ0v) is 19.2. The molecule has 2 aromatic heterocycles. The Hall–Kier alpha value is -3.59. The summed E-state index contributed by atoms with van der Waals surface area (Å²) < 4.78 is 5.89. The molecule has 1 aliphatic heterocycles. The molecule has 3 heterocycles. The van der Waals surface area contributed by atoms with Crippen LogP contribution in [0.15, 0.2) is 54.4 Å². The summed E-state index contributed by atoms with van der Waals surface area (Å²) in [6, 6.07) is 9.54. The topological polar surface area (TPSA) is 106 Å². The molecule has 9 heteroatoms. The highest BCUT2D eigenvalue weighted by molar-refractivity contribution is 7.15. The van der Waals surface area contributed by atoms with Crippen LogP contribution >= 0.6 is 11.3 Å². The summed E-state index contributed by atoms with van der Waals surface area (Å²) in [4.78, 5) is 31.5. The van der Waals surface area contributed by atoms with Crippen molar-refractivity contribution in [2.75, 3.05) is 11.5 Å². The van der Waals surface area contributed by atoms with Gasteiger partial charge in [-0.1, -0.05) is 43.2 Å². The van der Waals surface area contributed by atoms with Crippen molar-refractivity contribution in [1.29, 1.82) is 0 Å².